The van der Waals surface area contributed by atoms with Crippen molar-refractivity contribution in [3.63, 3.8) is 0 Å². The first kappa shape index (κ1) is 17.5. The van der Waals surface area contributed by atoms with E-state index in [-0.39, 0.29) is 11.7 Å². The lowest BCUT2D eigenvalue weighted by atomic mass is 10.0. The number of aromatic hydroxyl groups is 1. The highest BCUT2D eigenvalue weighted by Gasteiger charge is 2.03. The van der Waals surface area contributed by atoms with E-state index in [1.165, 1.54) is 11.8 Å². The number of aryl methyl sites for hydroxylation is 2. The van der Waals surface area contributed by atoms with Gasteiger partial charge in [0.25, 0.3) is 0 Å². The predicted molar refractivity (Wildman–Crippen MR) is 94.5 cm³/mol. The van der Waals surface area contributed by atoms with Crippen LogP contribution in [-0.2, 0) is 11.2 Å². The first-order valence-electron chi connectivity index (χ1n) is 7.83. The van der Waals surface area contributed by atoms with Crippen LogP contribution in [0.15, 0.2) is 47.6 Å². The maximum atomic E-state index is 11.8. The van der Waals surface area contributed by atoms with Crippen LogP contribution in [0, 0.1) is 6.92 Å². The zero-order valence-corrected chi connectivity index (χ0v) is 14.0. The van der Waals surface area contributed by atoms with Crippen molar-refractivity contribution in [3.8, 4) is 11.5 Å². The lowest BCUT2D eigenvalue weighted by Gasteiger charge is -2.07. The van der Waals surface area contributed by atoms with Crippen LogP contribution in [0.2, 0.25) is 0 Å². The van der Waals surface area contributed by atoms with Gasteiger partial charge in [-0.3, -0.25) is 4.79 Å². The van der Waals surface area contributed by atoms with Gasteiger partial charge in [-0.05, 0) is 60.7 Å². The van der Waals surface area contributed by atoms with Crippen LogP contribution in [0.5, 0.6) is 11.5 Å². The summed E-state index contributed by atoms with van der Waals surface area (Å²) >= 11 is 0. The fourth-order valence-electron chi connectivity index (χ4n) is 2.36. The standard InChI is InChI=1S/C19H22N2O3/c1-14-11-18(24-2)10-9-16(14)6-4-8-19(23)21-20-13-15-5-3-7-17(22)12-15/h3,5,7,9-13,22H,4,6,8H2,1-2H3,(H,21,23)/b20-13-. The number of hydrogen-bond donors (Lipinski definition) is 2. The number of amides is 1. The molecule has 0 spiro atoms. The van der Waals surface area contributed by atoms with Gasteiger partial charge in [0, 0.05) is 6.42 Å². The molecule has 0 aliphatic heterocycles. The van der Waals surface area contributed by atoms with E-state index >= 15 is 0 Å². The fraction of sp³-hybridized carbons (Fsp3) is 0.263. The fourth-order valence-corrected chi connectivity index (χ4v) is 2.36. The molecule has 0 fully saturated rings. The van der Waals surface area contributed by atoms with Crippen LogP contribution in [0.4, 0.5) is 0 Å². The Hall–Kier alpha value is -2.82. The van der Waals surface area contributed by atoms with Gasteiger partial charge in [-0.1, -0.05) is 18.2 Å². The van der Waals surface area contributed by atoms with E-state index in [1.807, 2.05) is 25.1 Å². The lowest BCUT2D eigenvalue weighted by Crippen LogP contribution is -2.17. The number of carbonyl (C=O) groups excluding carboxylic acids is 1. The summed E-state index contributed by atoms with van der Waals surface area (Å²) in [6.45, 7) is 2.04. The Morgan fingerprint density at radius 2 is 2.12 bits per heavy atom. The summed E-state index contributed by atoms with van der Waals surface area (Å²) in [4.78, 5) is 11.8. The number of hydrogen-bond acceptors (Lipinski definition) is 4. The van der Waals surface area contributed by atoms with Crippen molar-refractivity contribution in [2.24, 2.45) is 5.10 Å². The molecule has 0 aliphatic carbocycles. The molecule has 0 radical (unpaired) electrons. The molecule has 0 saturated heterocycles. The molecule has 0 bridgehead atoms. The van der Waals surface area contributed by atoms with Gasteiger partial charge in [0.15, 0.2) is 0 Å². The maximum absolute atomic E-state index is 11.8. The Morgan fingerprint density at radius 3 is 2.83 bits per heavy atom. The van der Waals surface area contributed by atoms with Crippen molar-refractivity contribution in [2.75, 3.05) is 7.11 Å². The molecule has 0 aliphatic rings. The molecule has 0 unspecified atom stereocenters. The number of methoxy groups -OCH3 is 1. The molecule has 2 N–H and O–H groups in total. The van der Waals surface area contributed by atoms with E-state index in [1.54, 1.807) is 31.4 Å². The summed E-state index contributed by atoms with van der Waals surface area (Å²) in [5.41, 5.74) is 5.60. The molecule has 5 heteroatoms. The number of nitrogens with one attached hydrogen (secondary N) is 1. The normalized spacial score (nSPS) is 10.8. The second-order valence-electron chi connectivity index (χ2n) is 5.53. The predicted octanol–water partition coefficient (Wildman–Crippen LogP) is 3.18. The Labute approximate surface area is 142 Å². The van der Waals surface area contributed by atoms with Crippen molar-refractivity contribution >= 4 is 12.1 Å². The topological polar surface area (TPSA) is 70.9 Å². The van der Waals surface area contributed by atoms with Crippen LogP contribution in [0.25, 0.3) is 0 Å². The molecule has 0 heterocycles. The van der Waals surface area contributed by atoms with Crippen molar-refractivity contribution in [1.29, 1.82) is 0 Å². The van der Waals surface area contributed by atoms with Crippen LogP contribution in [0.3, 0.4) is 0 Å². The van der Waals surface area contributed by atoms with Crippen LogP contribution >= 0.6 is 0 Å². The van der Waals surface area contributed by atoms with Crippen molar-refractivity contribution in [1.82, 2.24) is 5.43 Å². The summed E-state index contributed by atoms with van der Waals surface area (Å²) in [5, 5.41) is 13.2. The number of rotatable bonds is 7. The number of benzene rings is 2. The van der Waals surface area contributed by atoms with E-state index in [0.29, 0.717) is 6.42 Å². The minimum absolute atomic E-state index is 0.127. The highest BCUT2D eigenvalue weighted by Crippen LogP contribution is 2.18. The SMILES string of the molecule is COc1ccc(CCCC(=O)N/N=C\c2cccc(O)c2)c(C)c1. The van der Waals surface area contributed by atoms with E-state index < -0.39 is 0 Å². The largest absolute Gasteiger partial charge is 0.508 e. The molecule has 2 rings (SSSR count). The highest BCUT2D eigenvalue weighted by molar-refractivity contribution is 5.82. The monoisotopic (exact) mass is 326 g/mol. The minimum Gasteiger partial charge on any atom is -0.508 e. The maximum Gasteiger partial charge on any atom is 0.240 e. The Bertz CT molecular complexity index is 726. The minimum atomic E-state index is -0.127. The highest BCUT2D eigenvalue weighted by atomic mass is 16.5. The zero-order valence-electron chi connectivity index (χ0n) is 14.0. The summed E-state index contributed by atoms with van der Waals surface area (Å²) < 4.78 is 5.19. The van der Waals surface area contributed by atoms with Gasteiger partial charge in [-0.15, -0.1) is 0 Å². The lowest BCUT2D eigenvalue weighted by molar-refractivity contribution is -0.121. The molecule has 2 aromatic carbocycles. The number of nitrogens with zero attached hydrogens (tertiary/aromatic N) is 1. The van der Waals surface area contributed by atoms with Gasteiger partial charge in [0.1, 0.15) is 11.5 Å². The summed E-state index contributed by atoms with van der Waals surface area (Å²) in [6, 6.07) is 12.6. The average Bonchev–Trinajstić information content (AvgIpc) is 2.56. The molecule has 0 aromatic heterocycles. The molecular formula is C19H22N2O3. The van der Waals surface area contributed by atoms with Gasteiger partial charge in [0.05, 0.1) is 13.3 Å². The first-order valence-corrected chi connectivity index (χ1v) is 7.83. The third kappa shape index (κ3) is 5.43. The Kier molecular flexibility index (Phi) is 6.37. The van der Waals surface area contributed by atoms with Crippen molar-refractivity contribution < 1.29 is 14.6 Å². The van der Waals surface area contributed by atoms with Crippen molar-refractivity contribution in [3.05, 3.63) is 59.2 Å². The van der Waals surface area contributed by atoms with E-state index in [2.05, 4.69) is 10.5 Å². The summed E-state index contributed by atoms with van der Waals surface area (Å²) in [6.07, 6.45) is 3.49. The average molecular weight is 326 g/mol. The number of ether oxygens (including phenoxy) is 1. The number of phenolic OH excluding ortho intramolecular Hbond substituents is 1. The first-order chi connectivity index (χ1) is 11.6. The molecule has 24 heavy (non-hydrogen) atoms. The van der Waals surface area contributed by atoms with Crippen LogP contribution < -0.4 is 10.2 Å². The quantitative estimate of drug-likeness (QED) is 0.606. The number of carbonyl (C=O) groups is 1. The summed E-state index contributed by atoms with van der Waals surface area (Å²) in [7, 11) is 1.65. The third-order valence-corrected chi connectivity index (χ3v) is 3.67. The molecule has 126 valence electrons. The second kappa shape index (κ2) is 8.72. The molecular weight excluding hydrogens is 304 g/mol. The third-order valence-electron chi connectivity index (χ3n) is 3.67. The number of hydrazone groups is 1. The molecule has 0 saturated carbocycles. The zero-order chi connectivity index (χ0) is 17.4. The van der Waals surface area contributed by atoms with Crippen molar-refractivity contribution in [2.45, 2.75) is 26.2 Å². The van der Waals surface area contributed by atoms with Crippen LogP contribution in [-0.4, -0.2) is 24.3 Å². The van der Waals surface area contributed by atoms with E-state index in [0.717, 1.165) is 29.7 Å². The Balaban J connectivity index is 1.75. The van der Waals surface area contributed by atoms with Gasteiger partial charge >= 0.3 is 0 Å². The van der Waals surface area contributed by atoms with Gasteiger partial charge < -0.3 is 9.84 Å². The van der Waals surface area contributed by atoms with Gasteiger partial charge in [-0.2, -0.15) is 5.10 Å². The van der Waals surface area contributed by atoms with Crippen LogP contribution in [0.1, 0.15) is 29.5 Å². The summed E-state index contributed by atoms with van der Waals surface area (Å²) in [5.74, 6) is 0.882. The molecule has 1 amide bonds. The Morgan fingerprint density at radius 1 is 1.29 bits per heavy atom. The molecule has 0 atom stereocenters. The van der Waals surface area contributed by atoms with Gasteiger partial charge in [-0.25, -0.2) is 5.43 Å². The molecule has 2 aromatic rings. The second-order valence-corrected chi connectivity index (χ2v) is 5.53. The van der Waals surface area contributed by atoms with E-state index in [9.17, 15) is 9.90 Å². The van der Waals surface area contributed by atoms with E-state index in [4.69, 9.17) is 4.74 Å². The number of phenols is 1. The smallest absolute Gasteiger partial charge is 0.240 e. The van der Waals surface area contributed by atoms with Gasteiger partial charge in [0.2, 0.25) is 5.91 Å². The molecule has 5 nitrogen and oxygen atoms in total.